The molecule has 1 heterocycles. The van der Waals surface area contributed by atoms with Crippen LogP contribution in [0.5, 0.6) is 11.5 Å². The van der Waals surface area contributed by atoms with Crippen LogP contribution in [0, 0.1) is 0 Å². The van der Waals surface area contributed by atoms with Crippen LogP contribution in [-0.2, 0) is 33.5 Å². The van der Waals surface area contributed by atoms with Crippen LogP contribution in [0.15, 0.2) is 65.7 Å². The van der Waals surface area contributed by atoms with Gasteiger partial charge in [-0.3, -0.25) is 14.6 Å². The molecule has 10 heteroatoms. The molecule has 2 aromatic carbocycles. The average Bonchev–Trinajstić information content (AvgIpc) is 2.94. The number of rotatable bonds is 18. The zero-order valence-corrected chi connectivity index (χ0v) is 23.1. The number of ether oxygens (including phenoxy) is 2. The van der Waals surface area contributed by atoms with E-state index in [1.165, 1.54) is 0 Å². The second-order valence-corrected chi connectivity index (χ2v) is 10.3. The van der Waals surface area contributed by atoms with Crippen LogP contribution in [0.25, 0.3) is 11.3 Å². The third-order valence-electron chi connectivity index (χ3n) is 6.26. The number of aromatic nitrogens is 1. The lowest BCUT2D eigenvalue weighted by Gasteiger charge is -2.15. The number of carboxylic acids is 2. The second-order valence-electron chi connectivity index (χ2n) is 9.30. The number of aliphatic carboxylic acids is 2. The van der Waals surface area contributed by atoms with Gasteiger partial charge in [-0.2, -0.15) is 0 Å². The van der Waals surface area contributed by atoms with Crippen LogP contribution < -0.4 is 9.47 Å². The fourth-order valence-corrected chi connectivity index (χ4v) is 4.74. The lowest BCUT2D eigenvalue weighted by molar-refractivity contribution is -0.138. The van der Waals surface area contributed by atoms with E-state index in [-0.39, 0.29) is 24.3 Å². The Morgan fingerprint density at radius 1 is 0.800 bits per heavy atom. The van der Waals surface area contributed by atoms with E-state index in [1.54, 1.807) is 24.4 Å². The summed E-state index contributed by atoms with van der Waals surface area (Å²) in [7, 11) is 0. The van der Waals surface area contributed by atoms with E-state index in [4.69, 9.17) is 14.6 Å². The van der Waals surface area contributed by atoms with Gasteiger partial charge in [0.1, 0.15) is 11.5 Å². The summed E-state index contributed by atoms with van der Waals surface area (Å²) in [5, 5.41) is 18.0. The minimum absolute atomic E-state index is 0.00699. The molecule has 0 aliphatic heterocycles. The normalized spacial score (nSPS) is 11.6. The molecule has 0 saturated heterocycles. The van der Waals surface area contributed by atoms with E-state index in [9.17, 15) is 23.5 Å². The van der Waals surface area contributed by atoms with E-state index >= 15 is 0 Å². The zero-order valence-electron chi connectivity index (χ0n) is 22.3. The molecule has 9 nitrogen and oxygen atoms in total. The topological polar surface area (TPSA) is 143 Å². The highest BCUT2D eigenvalue weighted by Crippen LogP contribution is 2.28. The number of benzene rings is 2. The molecule has 1 unspecified atom stereocenters. The maximum atomic E-state index is 11.7. The van der Waals surface area contributed by atoms with Gasteiger partial charge in [0.05, 0.1) is 23.8 Å². The first-order valence-electron chi connectivity index (χ1n) is 13.3. The van der Waals surface area contributed by atoms with Gasteiger partial charge in [-0.25, -0.2) is 4.21 Å². The summed E-state index contributed by atoms with van der Waals surface area (Å²) in [6, 6.07) is 16.2. The molecule has 40 heavy (non-hydrogen) atoms. The molecule has 0 fully saturated rings. The maximum absolute atomic E-state index is 11.7. The van der Waals surface area contributed by atoms with E-state index in [0.29, 0.717) is 42.2 Å². The molecule has 3 aromatic rings. The molecule has 0 aliphatic rings. The predicted molar refractivity (Wildman–Crippen MR) is 151 cm³/mol. The molecule has 3 N–H and O–H groups in total. The van der Waals surface area contributed by atoms with Crippen molar-refractivity contribution in [2.45, 2.75) is 62.7 Å². The van der Waals surface area contributed by atoms with Crippen molar-refractivity contribution in [1.29, 1.82) is 0 Å². The van der Waals surface area contributed by atoms with Crippen molar-refractivity contribution in [3.8, 4) is 22.8 Å². The molecule has 0 spiro atoms. The van der Waals surface area contributed by atoms with Gasteiger partial charge in [0, 0.05) is 24.6 Å². The zero-order chi connectivity index (χ0) is 28.7. The summed E-state index contributed by atoms with van der Waals surface area (Å²) in [5.41, 5.74) is 3.32. The van der Waals surface area contributed by atoms with Crippen molar-refractivity contribution in [2.24, 2.45) is 0 Å². The van der Waals surface area contributed by atoms with Gasteiger partial charge >= 0.3 is 11.9 Å². The minimum atomic E-state index is -2.14. The molecule has 0 saturated carbocycles. The van der Waals surface area contributed by atoms with E-state index in [1.807, 2.05) is 36.4 Å². The van der Waals surface area contributed by atoms with Crippen LogP contribution >= 0.6 is 0 Å². The van der Waals surface area contributed by atoms with Gasteiger partial charge in [-0.05, 0) is 79.6 Å². The Morgan fingerprint density at radius 3 is 2.30 bits per heavy atom. The van der Waals surface area contributed by atoms with Crippen molar-refractivity contribution >= 4 is 23.0 Å². The largest absolute Gasteiger partial charge is 0.494 e. The van der Waals surface area contributed by atoms with Crippen molar-refractivity contribution in [3.63, 3.8) is 0 Å². The van der Waals surface area contributed by atoms with Crippen LogP contribution in [-0.4, -0.2) is 49.1 Å². The Balaban J connectivity index is 1.49. The first-order chi connectivity index (χ1) is 19.3. The van der Waals surface area contributed by atoms with Crippen LogP contribution in [0.2, 0.25) is 0 Å². The SMILES string of the molecule is O=C(O)CCCOc1cccc(CCCCCCOc2cc(-c3ccccn3)cc(S(=O)O)c2)c1CCC(=O)O. The van der Waals surface area contributed by atoms with Crippen molar-refractivity contribution in [3.05, 3.63) is 71.9 Å². The minimum Gasteiger partial charge on any atom is -0.494 e. The van der Waals surface area contributed by atoms with E-state index < -0.39 is 23.0 Å². The van der Waals surface area contributed by atoms with Gasteiger partial charge in [0.15, 0.2) is 11.1 Å². The summed E-state index contributed by atoms with van der Waals surface area (Å²) in [4.78, 5) is 26.5. The summed E-state index contributed by atoms with van der Waals surface area (Å²) in [6.07, 6.45) is 6.78. The molecule has 0 bridgehead atoms. The second kappa shape index (κ2) is 16.4. The third kappa shape index (κ3) is 10.4. The number of hydrogen-bond donors (Lipinski definition) is 3. The molecular formula is C30H35NO8S. The molecule has 3 rings (SSSR count). The quantitative estimate of drug-likeness (QED) is 0.128. The molecule has 0 radical (unpaired) electrons. The molecule has 1 aromatic heterocycles. The van der Waals surface area contributed by atoms with Crippen LogP contribution in [0.4, 0.5) is 0 Å². The lowest BCUT2D eigenvalue weighted by atomic mass is 9.97. The molecular weight excluding hydrogens is 534 g/mol. The summed E-state index contributed by atoms with van der Waals surface area (Å²) in [6.45, 7) is 0.725. The van der Waals surface area contributed by atoms with Crippen molar-refractivity contribution < 1.29 is 38.0 Å². The van der Waals surface area contributed by atoms with Crippen molar-refractivity contribution in [1.82, 2.24) is 4.98 Å². The summed E-state index contributed by atoms with van der Waals surface area (Å²) < 4.78 is 33.0. The van der Waals surface area contributed by atoms with Gasteiger partial charge < -0.3 is 24.2 Å². The Hall–Kier alpha value is -3.76. The number of hydrogen-bond acceptors (Lipinski definition) is 6. The highest BCUT2D eigenvalue weighted by atomic mass is 32.2. The van der Waals surface area contributed by atoms with E-state index in [0.717, 1.165) is 43.2 Å². The Bertz CT molecular complexity index is 1280. The molecule has 214 valence electrons. The number of carboxylic acid groups (broad SMARTS) is 2. The first-order valence-corrected chi connectivity index (χ1v) is 14.4. The van der Waals surface area contributed by atoms with Gasteiger partial charge in [0.2, 0.25) is 0 Å². The smallest absolute Gasteiger partial charge is 0.303 e. The summed E-state index contributed by atoms with van der Waals surface area (Å²) in [5.74, 6) is -0.620. The fourth-order valence-electron chi connectivity index (χ4n) is 4.30. The fraction of sp³-hybridized carbons (Fsp3) is 0.367. The first kappa shape index (κ1) is 30.8. The maximum Gasteiger partial charge on any atom is 0.303 e. The standard InChI is InChI=1S/C30H35NO8S/c32-29(33)13-8-18-39-28-12-7-10-22(26(28)14-15-30(34)35)9-3-1-2-6-17-38-24-19-23(20-25(21-24)40(36)37)27-11-4-5-16-31-27/h4-5,7,10-12,16,19-21H,1-3,6,8-9,13-15,17-18H2,(H,32,33)(H,34,35)(H,36,37). The predicted octanol–water partition coefficient (Wildman–Crippen LogP) is 5.77. The number of unbranched alkanes of at least 4 members (excludes halogenated alkanes) is 3. The highest BCUT2D eigenvalue weighted by molar-refractivity contribution is 7.79. The lowest BCUT2D eigenvalue weighted by Crippen LogP contribution is -2.07. The van der Waals surface area contributed by atoms with Crippen LogP contribution in [0.3, 0.4) is 0 Å². The Kier molecular flexibility index (Phi) is 12.6. The van der Waals surface area contributed by atoms with Gasteiger partial charge in [0.25, 0.3) is 0 Å². The van der Waals surface area contributed by atoms with Gasteiger partial charge in [-0.15, -0.1) is 0 Å². The monoisotopic (exact) mass is 569 g/mol. The van der Waals surface area contributed by atoms with E-state index in [2.05, 4.69) is 4.98 Å². The Labute approximate surface area is 236 Å². The third-order valence-corrected chi connectivity index (χ3v) is 6.90. The average molecular weight is 570 g/mol. The molecule has 0 aliphatic carbocycles. The molecule has 0 amide bonds. The molecule has 1 atom stereocenters. The summed E-state index contributed by atoms with van der Waals surface area (Å²) >= 11 is -2.14. The highest BCUT2D eigenvalue weighted by Gasteiger charge is 2.13. The Morgan fingerprint density at radius 2 is 1.57 bits per heavy atom. The van der Waals surface area contributed by atoms with Crippen LogP contribution in [0.1, 0.15) is 56.1 Å². The number of aryl methyl sites for hydroxylation is 1. The number of nitrogens with zero attached hydrogens (tertiary/aromatic N) is 1. The van der Waals surface area contributed by atoms with Crippen molar-refractivity contribution in [2.75, 3.05) is 13.2 Å². The van der Waals surface area contributed by atoms with Gasteiger partial charge in [-0.1, -0.05) is 31.0 Å². The number of carbonyl (C=O) groups is 2. The number of pyridine rings is 1.